The number of piperazine rings is 1. The summed E-state index contributed by atoms with van der Waals surface area (Å²) in [5, 5.41) is 9.13. The lowest BCUT2D eigenvalue weighted by Crippen LogP contribution is -2.53. The van der Waals surface area contributed by atoms with Crippen LogP contribution in [-0.2, 0) is 11.3 Å². The number of nitrogen functional groups attached to an aromatic ring is 1. The number of carbonyl (C=O) groups excluding carboxylic acids is 1. The Kier molecular flexibility index (Phi) is 5.10. The molecule has 1 aliphatic heterocycles. The number of esters is 1. The van der Waals surface area contributed by atoms with Gasteiger partial charge in [-0.2, -0.15) is 0 Å². The molecule has 1 aliphatic rings. The van der Waals surface area contributed by atoms with Gasteiger partial charge in [-0.3, -0.25) is 4.90 Å². The van der Waals surface area contributed by atoms with Crippen LogP contribution in [-0.4, -0.2) is 59.8 Å². The number of methoxy groups -OCH3 is 1. The molecule has 0 spiro atoms. The zero-order chi connectivity index (χ0) is 17.1. The fourth-order valence-electron chi connectivity index (χ4n) is 2.90. The second-order valence-electron chi connectivity index (χ2n) is 5.90. The van der Waals surface area contributed by atoms with Gasteiger partial charge in [0, 0.05) is 37.9 Å². The summed E-state index contributed by atoms with van der Waals surface area (Å²) in [7, 11) is 1.34. The lowest BCUT2D eigenvalue weighted by atomic mass is 10.0. The van der Waals surface area contributed by atoms with Crippen LogP contribution in [0, 0.1) is 6.92 Å². The number of hydrogen-bond acceptors (Lipinski definition) is 5. The van der Waals surface area contributed by atoms with Gasteiger partial charge in [0.2, 0.25) is 0 Å². The summed E-state index contributed by atoms with van der Waals surface area (Å²) in [4.78, 5) is 26.5. The second-order valence-corrected chi connectivity index (χ2v) is 5.90. The van der Waals surface area contributed by atoms with Gasteiger partial charge >= 0.3 is 12.1 Å². The van der Waals surface area contributed by atoms with Crippen molar-refractivity contribution in [2.45, 2.75) is 26.4 Å². The van der Waals surface area contributed by atoms with Crippen LogP contribution in [0.15, 0.2) is 12.1 Å². The number of amides is 1. The molecule has 0 radical (unpaired) electrons. The number of carbonyl (C=O) groups is 2. The normalized spacial score (nSPS) is 18.7. The molecule has 126 valence electrons. The van der Waals surface area contributed by atoms with Gasteiger partial charge in [0.1, 0.15) is 0 Å². The zero-order valence-corrected chi connectivity index (χ0v) is 13.7. The van der Waals surface area contributed by atoms with Gasteiger partial charge in [-0.25, -0.2) is 9.59 Å². The van der Waals surface area contributed by atoms with Crippen molar-refractivity contribution in [3.63, 3.8) is 0 Å². The summed E-state index contributed by atoms with van der Waals surface area (Å²) in [5.41, 5.74) is 8.88. The molecule has 1 aromatic carbocycles. The smallest absolute Gasteiger partial charge is 0.407 e. The molecular weight excluding hydrogens is 298 g/mol. The van der Waals surface area contributed by atoms with Crippen LogP contribution in [0.1, 0.15) is 28.4 Å². The van der Waals surface area contributed by atoms with E-state index in [1.165, 1.54) is 12.0 Å². The van der Waals surface area contributed by atoms with Crippen molar-refractivity contribution in [2.24, 2.45) is 0 Å². The summed E-state index contributed by atoms with van der Waals surface area (Å²) in [5.74, 6) is -0.415. The first-order valence-corrected chi connectivity index (χ1v) is 7.52. The zero-order valence-electron chi connectivity index (χ0n) is 13.7. The quantitative estimate of drug-likeness (QED) is 0.648. The molecule has 2 rings (SSSR count). The van der Waals surface area contributed by atoms with E-state index in [0.29, 0.717) is 37.4 Å². The third-order valence-corrected chi connectivity index (χ3v) is 4.33. The van der Waals surface area contributed by atoms with E-state index in [4.69, 9.17) is 15.6 Å². The molecule has 1 unspecified atom stereocenters. The average molecular weight is 321 g/mol. The van der Waals surface area contributed by atoms with Gasteiger partial charge in [-0.05, 0) is 37.1 Å². The summed E-state index contributed by atoms with van der Waals surface area (Å²) >= 11 is 0. The van der Waals surface area contributed by atoms with Gasteiger partial charge < -0.3 is 20.5 Å². The standard InChI is InChI=1S/C16H23N3O4/c1-10-8-18(4-5-19(10)16(21)22)9-13-6-12(15(20)23-3)7-14(17)11(13)2/h6-7,10H,4-5,8-9,17H2,1-3H3,(H,21,22). The number of nitrogens with two attached hydrogens (primary N) is 1. The lowest BCUT2D eigenvalue weighted by Gasteiger charge is -2.38. The van der Waals surface area contributed by atoms with Gasteiger partial charge in [-0.1, -0.05) is 0 Å². The van der Waals surface area contributed by atoms with Gasteiger partial charge in [-0.15, -0.1) is 0 Å². The van der Waals surface area contributed by atoms with Gasteiger partial charge in [0.25, 0.3) is 0 Å². The molecule has 7 nitrogen and oxygen atoms in total. The highest BCUT2D eigenvalue weighted by Gasteiger charge is 2.27. The first-order chi connectivity index (χ1) is 10.8. The largest absolute Gasteiger partial charge is 0.465 e. The first kappa shape index (κ1) is 17.1. The Morgan fingerprint density at radius 3 is 2.65 bits per heavy atom. The number of carboxylic acid groups (broad SMARTS) is 1. The van der Waals surface area contributed by atoms with Crippen LogP contribution in [0.25, 0.3) is 0 Å². The minimum Gasteiger partial charge on any atom is -0.465 e. The molecular formula is C16H23N3O4. The fraction of sp³-hybridized carbons (Fsp3) is 0.500. The van der Waals surface area contributed by atoms with Crippen LogP contribution >= 0.6 is 0 Å². The molecule has 1 amide bonds. The number of anilines is 1. The number of rotatable bonds is 3. The van der Waals surface area contributed by atoms with E-state index in [1.807, 2.05) is 13.8 Å². The number of hydrogen-bond donors (Lipinski definition) is 2. The van der Waals surface area contributed by atoms with Crippen LogP contribution in [0.5, 0.6) is 0 Å². The third-order valence-electron chi connectivity index (χ3n) is 4.33. The molecule has 7 heteroatoms. The van der Waals surface area contributed by atoms with Crippen molar-refractivity contribution >= 4 is 17.7 Å². The van der Waals surface area contributed by atoms with Crippen molar-refractivity contribution in [3.05, 3.63) is 28.8 Å². The topological polar surface area (TPSA) is 96.1 Å². The van der Waals surface area contributed by atoms with E-state index in [0.717, 1.165) is 11.1 Å². The molecule has 0 saturated carbocycles. The summed E-state index contributed by atoms with van der Waals surface area (Å²) in [6.07, 6.45) is -0.884. The maximum Gasteiger partial charge on any atom is 0.407 e. The lowest BCUT2D eigenvalue weighted by molar-refractivity contribution is 0.0598. The van der Waals surface area contributed by atoms with Crippen molar-refractivity contribution < 1.29 is 19.4 Å². The minimum atomic E-state index is -0.884. The molecule has 1 fully saturated rings. The average Bonchev–Trinajstić information content (AvgIpc) is 2.50. The van der Waals surface area contributed by atoms with E-state index < -0.39 is 12.1 Å². The molecule has 0 aliphatic carbocycles. The van der Waals surface area contributed by atoms with Crippen molar-refractivity contribution in [3.8, 4) is 0 Å². The molecule has 0 aromatic heterocycles. The van der Waals surface area contributed by atoms with Crippen molar-refractivity contribution in [1.29, 1.82) is 0 Å². The fourth-order valence-corrected chi connectivity index (χ4v) is 2.90. The highest BCUT2D eigenvalue weighted by Crippen LogP contribution is 2.22. The van der Waals surface area contributed by atoms with E-state index in [2.05, 4.69) is 4.90 Å². The number of benzene rings is 1. The molecule has 0 bridgehead atoms. The highest BCUT2D eigenvalue weighted by molar-refractivity contribution is 5.91. The van der Waals surface area contributed by atoms with E-state index in [9.17, 15) is 9.59 Å². The molecule has 1 heterocycles. The summed E-state index contributed by atoms with van der Waals surface area (Å²) < 4.78 is 4.75. The second kappa shape index (κ2) is 6.87. The van der Waals surface area contributed by atoms with E-state index in [-0.39, 0.29) is 6.04 Å². The summed E-state index contributed by atoms with van der Waals surface area (Å²) in [6, 6.07) is 3.35. The Morgan fingerprint density at radius 2 is 2.09 bits per heavy atom. The van der Waals surface area contributed by atoms with Crippen LogP contribution in [0.2, 0.25) is 0 Å². The van der Waals surface area contributed by atoms with Crippen LogP contribution in [0.4, 0.5) is 10.5 Å². The Balaban J connectivity index is 2.16. The number of ether oxygens (including phenoxy) is 1. The first-order valence-electron chi connectivity index (χ1n) is 7.52. The molecule has 3 N–H and O–H groups in total. The third kappa shape index (κ3) is 3.73. The Hall–Kier alpha value is -2.28. The molecule has 23 heavy (non-hydrogen) atoms. The maximum absolute atomic E-state index is 11.7. The van der Waals surface area contributed by atoms with Gasteiger partial charge in [0.05, 0.1) is 12.7 Å². The van der Waals surface area contributed by atoms with Crippen molar-refractivity contribution in [1.82, 2.24) is 9.80 Å². The monoisotopic (exact) mass is 321 g/mol. The predicted molar refractivity (Wildman–Crippen MR) is 86.4 cm³/mol. The molecule has 1 atom stereocenters. The van der Waals surface area contributed by atoms with Gasteiger partial charge in [0.15, 0.2) is 0 Å². The minimum absolute atomic E-state index is 0.0670. The predicted octanol–water partition coefficient (Wildman–Crippen LogP) is 1.55. The van der Waals surface area contributed by atoms with Crippen molar-refractivity contribution in [2.75, 3.05) is 32.5 Å². The maximum atomic E-state index is 11.7. The SMILES string of the molecule is COC(=O)c1cc(N)c(C)c(CN2CCN(C(=O)O)C(C)C2)c1. The van der Waals surface area contributed by atoms with E-state index >= 15 is 0 Å². The van der Waals surface area contributed by atoms with E-state index in [1.54, 1.807) is 12.1 Å². The van der Waals surface area contributed by atoms with Crippen LogP contribution < -0.4 is 5.73 Å². The van der Waals surface area contributed by atoms with Crippen LogP contribution in [0.3, 0.4) is 0 Å². The molecule has 1 saturated heterocycles. The highest BCUT2D eigenvalue weighted by atomic mass is 16.5. The number of nitrogens with zero attached hydrogens (tertiary/aromatic N) is 2. The molecule has 1 aromatic rings. The Labute approximate surface area is 135 Å². The summed E-state index contributed by atoms with van der Waals surface area (Å²) in [6.45, 7) is 6.21. The Morgan fingerprint density at radius 1 is 1.39 bits per heavy atom. The Bertz CT molecular complexity index is 618.